The molecule has 0 fully saturated rings. The van der Waals surface area contributed by atoms with Crippen LogP contribution in [-0.4, -0.2) is 47.1 Å². The fourth-order valence-corrected chi connectivity index (χ4v) is 4.51. The summed E-state index contributed by atoms with van der Waals surface area (Å²) < 4.78 is 6.78. The van der Waals surface area contributed by atoms with Crippen molar-refractivity contribution in [3.05, 3.63) is 83.1 Å². The maximum Gasteiger partial charge on any atom is 0.270 e. The summed E-state index contributed by atoms with van der Waals surface area (Å²) in [5, 5.41) is 22.1. The van der Waals surface area contributed by atoms with Crippen molar-refractivity contribution >= 4 is 22.8 Å². The lowest BCUT2D eigenvalue weighted by Crippen LogP contribution is -2.29. The van der Waals surface area contributed by atoms with E-state index in [0.29, 0.717) is 11.4 Å². The molecule has 0 unspecified atom stereocenters. The third-order valence-corrected chi connectivity index (χ3v) is 6.41. The lowest BCUT2D eigenvalue weighted by Gasteiger charge is -2.14. The van der Waals surface area contributed by atoms with Gasteiger partial charge in [-0.05, 0) is 58.2 Å². The van der Waals surface area contributed by atoms with E-state index < -0.39 is 5.91 Å². The van der Waals surface area contributed by atoms with E-state index in [1.54, 1.807) is 17.9 Å². The minimum atomic E-state index is -0.411. The van der Waals surface area contributed by atoms with Gasteiger partial charge in [0.25, 0.3) is 11.8 Å². The van der Waals surface area contributed by atoms with E-state index >= 15 is 0 Å². The van der Waals surface area contributed by atoms with Crippen molar-refractivity contribution in [3.8, 4) is 11.4 Å². The predicted octanol–water partition coefficient (Wildman–Crippen LogP) is 2.16. The van der Waals surface area contributed by atoms with Crippen molar-refractivity contribution in [1.82, 2.24) is 46.0 Å². The van der Waals surface area contributed by atoms with Gasteiger partial charge in [-0.2, -0.15) is 0 Å². The van der Waals surface area contributed by atoms with Gasteiger partial charge in [0.1, 0.15) is 17.7 Å². The molecule has 0 radical (unpaired) electrons. The Balaban J connectivity index is 1.12. The van der Waals surface area contributed by atoms with Gasteiger partial charge >= 0.3 is 0 Å². The number of aryl methyl sites for hydroxylation is 2. The predicted molar refractivity (Wildman–Crippen MR) is 130 cm³/mol. The average Bonchev–Trinajstić information content (AvgIpc) is 3.66. The molecule has 0 saturated heterocycles. The van der Waals surface area contributed by atoms with Crippen LogP contribution >= 0.6 is 0 Å². The molecule has 1 aliphatic rings. The number of hydrogen-bond donors (Lipinski definition) is 2. The molecule has 2 amide bonds. The lowest BCUT2D eigenvalue weighted by atomic mass is 10.0. The van der Waals surface area contributed by atoms with E-state index in [-0.39, 0.29) is 29.9 Å². The number of amides is 2. The molecule has 5 aromatic rings. The minimum Gasteiger partial charge on any atom is -0.356 e. The Labute approximate surface area is 210 Å². The van der Waals surface area contributed by atoms with Gasteiger partial charge in [-0.15, -0.1) is 5.10 Å². The maximum atomic E-state index is 13.0. The zero-order valence-corrected chi connectivity index (χ0v) is 19.8. The zero-order valence-electron chi connectivity index (χ0n) is 19.8. The Bertz CT molecular complexity index is 1640. The molecule has 1 atom stereocenters. The fraction of sp³-hybridized carbons (Fsp3) is 0.200. The van der Waals surface area contributed by atoms with Crippen LogP contribution in [0.1, 0.15) is 50.1 Å². The standard InChI is InChI=1S/C25H21N9O3/c1-34-23(31-32-33-34)16-4-6-18-15(9-16)5-7-19(18)30-25(36)21-10-20(27-13-28-21)24(35)26-11-14-2-3-17-12-29-37-22(17)8-14/h2-4,6,8-10,12-13,19H,5,7,11H2,1H3,(H,26,35)(H,30,36)/t19-/m1/s1. The first kappa shape index (κ1) is 22.5. The van der Waals surface area contributed by atoms with E-state index in [9.17, 15) is 9.59 Å². The summed E-state index contributed by atoms with van der Waals surface area (Å²) in [4.78, 5) is 33.8. The van der Waals surface area contributed by atoms with Crippen molar-refractivity contribution in [1.29, 1.82) is 0 Å². The molecule has 12 heteroatoms. The topological polar surface area (TPSA) is 154 Å². The molecule has 3 aromatic heterocycles. The van der Waals surface area contributed by atoms with Crippen molar-refractivity contribution in [2.24, 2.45) is 7.05 Å². The number of nitrogens with one attached hydrogen (secondary N) is 2. The van der Waals surface area contributed by atoms with Crippen LogP contribution in [0.25, 0.3) is 22.4 Å². The molecule has 6 rings (SSSR count). The van der Waals surface area contributed by atoms with Crippen molar-refractivity contribution in [3.63, 3.8) is 0 Å². The quantitative estimate of drug-likeness (QED) is 0.361. The summed E-state index contributed by atoms with van der Waals surface area (Å²) >= 11 is 0. The normalized spacial score (nSPS) is 14.5. The number of aromatic nitrogens is 7. The largest absolute Gasteiger partial charge is 0.356 e. The van der Waals surface area contributed by atoms with Gasteiger partial charge in [0.05, 0.1) is 12.2 Å². The van der Waals surface area contributed by atoms with Gasteiger partial charge < -0.3 is 15.2 Å². The summed E-state index contributed by atoms with van der Waals surface area (Å²) in [6, 6.07) is 12.8. The van der Waals surface area contributed by atoms with Gasteiger partial charge in [-0.25, -0.2) is 14.6 Å². The monoisotopic (exact) mass is 495 g/mol. The van der Waals surface area contributed by atoms with E-state index in [0.717, 1.165) is 40.5 Å². The molecule has 184 valence electrons. The van der Waals surface area contributed by atoms with E-state index in [4.69, 9.17) is 4.52 Å². The van der Waals surface area contributed by atoms with E-state index in [1.807, 2.05) is 30.3 Å². The lowest BCUT2D eigenvalue weighted by molar-refractivity contribution is 0.0931. The Morgan fingerprint density at radius 1 is 1.08 bits per heavy atom. The fourth-order valence-electron chi connectivity index (χ4n) is 4.51. The smallest absolute Gasteiger partial charge is 0.270 e. The third kappa shape index (κ3) is 4.40. The molecule has 0 bridgehead atoms. The number of fused-ring (bicyclic) bond motifs is 2. The number of tetrazole rings is 1. The molecule has 0 aliphatic heterocycles. The average molecular weight is 496 g/mol. The van der Waals surface area contributed by atoms with Crippen LogP contribution in [0.4, 0.5) is 0 Å². The SMILES string of the molecule is Cn1nnnc1-c1ccc2c(c1)CC[C@H]2NC(=O)c1cc(C(=O)NCc2ccc3cnoc3c2)ncn1. The number of nitrogens with zero attached hydrogens (tertiary/aromatic N) is 7. The first-order valence-electron chi connectivity index (χ1n) is 11.6. The van der Waals surface area contributed by atoms with Crippen LogP contribution < -0.4 is 10.6 Å². The van der Waals surface area contributed by atoms with Crippen LogP contribution in [0.15, 0.2) is 59.5 Å². The number of carbonyl (C=O) groups excluding carboxylic acids is 2. The summed E-state index contributed by atoms with van der Waals surface area (Å²) in [5.74, 6) is -0.0987. The summed E-state index contributed by atoms with van der Waals surface area (Å²) in [5.41, 5.74) is 4.82. The molecule has 3 heterocycles. The van der Waals surface area contributed by atoms with Gasteiger partial charge in [0.15, 0.2) is 11.4 Å². The third-order valence-electron chi connectivity index (χ3n) is 6.41. The molecule has 12 nitrogen and oxygen atoms in total. The number of rotatable bonds is 6. The Morgan fingerprint density at radius 3 is 2.78 bits per heavy atom. The number of carbonyl (C=O) groups is 2. The first-order valence-corrected chi connectivity index (χ1v) is 11.6. The Hall–Kier alpha value is -5.00. The second-order valence-electron chi connectivity index (χ2n) is 8.77. The Kier molecular flexibility index (Phi) is 5.60. The van der Waals surface area contributed by atoms with Crippen LogP contribution in [0, 0.1) is 0 Å². The molecule has 0 spiro atoms. The second kappa shape index (κ2) is 9.22. The van der Waals surface area contributed by atoms with Gasteiger partial charge in [0, 0.05) is 30.6 Å². The highest BCUT2D eigenvalue weighted by atomic mass is 16.5. The second-order valence-corrected chi connectivity index (χ2v) is 8.77. The molecular weight excluding hydrogens is 474 g/mol. The number of hydrogen-bond acceptors (Lipinski definition) is 9. The summed E-state index contributed by atoms with van der Waals surface area (Å²) in [7, 11) is 1.79. The van der Waals surface area contributed by atoms with Crippen LogP contribution in [-0.2, 0) is 20.0 Å². The van der Waals surface area contributed by atoms with E-state index in [1.165, 1.54) is 12.4 Å². The minimum absolute atomic E-state index is 0.106. The summed E-state index contributed by atoms with van der Waals surface area (Å²) in [6.45, 7) is 0.270. The van der Waals surface area contributed by atoms with Crippen LogP contribution in [0.5, 0.6) is 0 Å². The van der Waals surface area contributed by atoms with Gasteiger partial charge in [0.2, 0.25) is 0 Å². The molecular formula is C25H21N9O3. The molecule has 0 saturated carbocycles. The maximum absolute atomic E-state index is 13.0. The highest BCUT2D eigenvalue weighted by Gasteiger charge is 2.26. The van der Waals surface area contributed by atoms with Crippen molar-refractivity contribution in [2.45, 2.75) is 25.4 Å². The van der Waals surface area contributed by atoms with Gasteiger partial charge in [-0.3, -0.25) is 9.59 Å². The van der Waals surface area contributed by atoms with Crippen molar-refractivity contribution < 1.29 is 14.1 Å². The Morgan fingerprint density at radius 2 is 1.95 bits per heavy atom. The molecule has 2 N–H and O–H groups in total. The number of benzene rings is 2. The first-order chi connectivity index (χ1) is 18.0. The van der Waals surface area contributed by atoms with Gasteiger partial charge in [-0.1, -0.05) is 23.4 Å². The molecule has 1 aliphatic carbocycles. The van der Waals surface area contributed by atoms with Crippen LogP contribution in [0.3, 0.4) is 0 Å². The van der Waals surface area contributed by atoms with E-state index in [2.05, 4.69) is 47.4 Å². The highest BCUT2D eigenvalue weighted by Crippen LogP contribution is 2.33. The molecule has 2 aromatic carbocycles. The molecule has 37 heavy (non-hydrogen) atoms. The highest BCUT2D eigenvalue weighted by molar-refractivity contribution is 5.97. The van der Waals surface area contributed by atoms with Crippen LogP contribution in [0.2, 0.25) is 0 Å². The zero-order chi connectivity index (χ0) is 25.4. The summed E-state index contributed by atoms with van der Waals surface area (Å²) in [6.07, 6.45) is 4.42. The van der Waals surface area contributed by atoms with Crippen molar-refractivity contribution in [2.75, 3.05) is 0 Å².